The highest BCUT2D eigenvalue weighted by Gasteiger charge is 2.20. The number of benzene rings is 1. The van der Waals surface area contributed by atoms with Crippen LogP contribution >= 0.6 is 11.3 Å². The first-order valence-corrected chi connectivity index (χ1v) is 10.4. The Morgan fingerprint density at radius 1 is 1.16 bits per heavy atom. The minimum absolute atomic E-state index is 0.207. The molecule has 25 heavy (non-hydrogen) atoms. The Hall–Kier alpha value is -2.12. The summed E-state index contributed by atoms with van der Waals surface area (Å²) in [6.07, 6.45) is 1.73. The lowest BCUT2D eigenvalue weighted by atomic mass is 10.1. The fourth-order valence-corrected chi connectivity index (χ4v) is 4.97. The van der Waals surface area contributed by atoms with Crippen LogP contribution in [0.3, 0.4) is 0 Å². The van der Waals surface area contributed by atoms with E-state index in [0.717, 1.165) is 22.4 Å². The van der Waals surface area contributed by atoms with Crippen molar-refractivity contribution < 1.29 is 8.42 Å². The largest absolute Gasteiger partial charge is 0.279 e. The molecule has 2 heterocycles. The van der Waals surface area contributed by atoms with Crippen LogP contribution in [-0.2, 0) is 10.0 Å². The summed E-state index contributed by atoms with van der Waals surface area (Å²) >= 11 is 1.21. The van der Waals surface area contributed by atoms with Crippen molar-refractivity contribution in [2.45, 2.75) is 37.9 Å². The summed E-state index contributed by atoms with van der Waals surface area (Å²) in [4.78, 5) is 0. The number of sulfonamides is 1. The molecular formula is C18H21N3O2S2. The van der Waals surface area contributed by atoms with Crippen molar-refractivity contribution in [3.05, 3.63) is 53.0 Å². The molecule has 3 rings (SSSR count). The van der Waals surface area contributed by atoms with Crippen molar-refractivity contribution in [2.75, 3.05) is 4.72 Å². The third kappa shape index (κ3) is 3.62. The molecular weight excluding hydrogens is 354 g/mol. The van der Waals surface area contributed by atoms with E-state index in [-0.39, 0.29) is 6.04 Å². The molecule has 1 aromatic carbocycles. The van der Waals surface area contributed by atoms with Gasteiger partial charge in [-0.2, -0.15) is 5.10 Å². The lowest BCUT2D eigenvalue weighted by Gasteiger charge is -2.10. The molecule has 0 spiro atoms. The van der Waals surface area contributed by atoms with E-state index in [1.165, 1.54) is 11.3 Å². The molecule has 0 fully saturated rings. The Morgan fingerprint density at radius 3 is 2.60 bits per heavy atom. The van der Waals surface area contributed by atoms with Gasteiger partial charge in [-0.1, -0.05) is 17.7 Å². The SMILES string of the molecule is Cc1ccc(NS(=O)(=O)c2cc(-c3ccnn3C(C)C)cs2)c(C)c1. The zero-order chi connectivity index (χ0) is 18.2. The van der Waals surface area contributed by atoms with E-state index < -0.39 is 10.0 Å². The van der Waals surface area contributed by atoms with Crippen molar-refractivity contribution in [1.82, 2.24) is 9.78 Å². The van der Waals surface area contributed by atoms with Crippen LogP contribution in [-0.4, -0.2) is 18.2 Å². The van der Waals surface area contributed by atoms with Gasteiger partial charge in [0, 0.05) is 23.2 Å². The standard InChI is InChI=1S/C18H21N3O2S2/c1-12(2)21-17(7-8-19-21)15-10-18(24-11-15)25(22,23)20-16-6-5-13(3)9-14(16)4/h5-12,20H,1-4H3. The van der Waals surface area contributed by atoms with E-state index in [1.54, 1.807) is 18.3 Å². The van der Waals surface area contributed by atoms with E-state index in [4.69, 9.17) is 0 Å². The molecule has 2 aromatic heterocycles. The van der Waals surface area contributed by atoms with Gasteiger partial charge >= 0.3 is 0 Å². The Balaban J connectivity index is 1.91. The number of nitrogens with zero attached hydrogens (tertiary/aromatic N) is 2. The fraction of sp³-hybridized carbons (Fsp3) is 0.278. The van der Waals surface area contributed by atoms with E-state index >= 15 is 0 Å². The predicted octanol–water partition coefficient (Wildman–Crippen LogP) is 4.61. The average Bonchev–Trinajstić information content (AvgIpc) is 3.18. The van der Waals surface area contributed by atoms with Gasteiger partial charge in [-0.15, -0.1) is 11.3 Å². The number of anilines is 1. The Bertz CT molecular complexity index is 1000. The van der Waals surface area contributed by atoms with Crippen LogP contribution in [0.2, 0.25) is 0 Å². The molecule has 1 N–H and O–H groups in total. The molecule has 5 nitrogen and oxygen atoms in total. The van der Waals surface area contributed by atoms with Crippen molar-refractivity contribution in [1.29, 1.82) is 0 Å². The van der Waals surface area contributed by atoms with Crippen LogP contribution in [0.5, 0.6) is 0 Å². The van der Waals surface area contributed by atoms with E-state index in [9.17, 15) is 8.42 Å². The fourth-order valence-electron chi connectivity index (χ4n) is 2.67. The quantitative estimate of drug-likeness (QED) is 0.708. The number of rotatable bonds is 5. The second-order valence-corrected chi connectivity index (χ2v) is 9.15. The number of nitrogens with one attached hydrogen (secondary N) is 1. The zero-order valence-electron chi connectivity index (χ0n) is 14.6. The zero-order valence-corrected chi connectivity index (χ0v) is 16.3. The molecule has 0 saturated heterocycles. The van der Waals surface area contributed by atoms with E-state index in [1.807, 2.05) is 56.0 Å². The van der Waals surface area contributed by atoms with Crippen LogP contribution in [0, 0.1) is 13.8 Å². The van der Waals surface area contributed by atoms with Crippen molar-refractivity contribution in [2.24, 2.45) is 0 Å². The third-order valence-corrected chi connectivity index (χ3v) is 6.73. The number of aryl methyl sites for hydroxylation is 2. The van der Waals surface area contributed by atoms with Gasteiger partial charge in [0.15, 0.2) is 0 Å². The normalized spacial score (nSPS) is 11.9. The Morgan fingerprint density at radius 2 is 1.92 bits per heavy atom. The summed E-state index contributed by atoms with van der Waals surface area (Å²) in [6.45, 7) is 7.96. The summed E-state index contributed by atoms with van der Waals surface area (Å²) in [7, 11) is -3.61. The maximum atomic E-state index is 12.7. The van der Waals surface area contributed by atoms with Gasteiger partial charge in [-0.25, -0.2) is 8.42 Å². The van der Waals surface area contributed by atoms with Crippen LogP contribution in [0.15, 0.2) is 46.1 Å². The molecule has 0 atom stereocenters. The number of aromatic nitrogens is 2. The van der Waals surface area contributed by atoms with Gasteiger partial charge in [-0.05, 0) is 51.5 Å². The third-order valence-electron chi connectivity index (χ3n) is 3.92. The highest BCUT2D eigenvalue weighted by molar-refractivity contribution is 7.94. The Labute approximate surface area is 152 Å². The van der Waals surface area contributed by atoms with E-state index in [2.05, 4.69) is 9.82 Å². The summed E-state index contributed by atoms with van der Waals surface area (Å²) in [6, 6.07) is 9.45. The summed E-state index contributed by atoms with van der Waals surface area (Å²) in [5.41, 5.74) is 4.38. The van der Waals surface area contributed by atoms with Crippen molar-refractivity contribution in [3.8, 4) is 11.3 Å². The van der Waals surface area contributed by atoms with Gasteiger partial charge in [-0.3, -0.25) is 9.40 Å². The van der Waals surface area contributed by atoms with Gasteiger partial charge < -0.3 is 0 Å². The first kappa shape index (κ1) is 17.7. The predicted molar refractivity (Wildman–Crippen MR) is 103 cm³/mol. The topological polar surface area (TPSA) is 64.0 Å². The Kier molecular flexibility index (Phi) is 4.71. The molecule has 0 aliphatic carbocycles. The van der Waals surface area contributed by atoms with Crippen molar-refractivity contribution >= 4 is 27.0 Å². The van der Waals surface area contributed by atoms with Crippen molar-refractivity contribution in [3.63, 3.8) is 0 Å². The van der Waals surface area contributed by atoms with Crippen LogP contribution < -0.4 is 4.72 Å². The molecule has 0 aliphatic rings. The maximum absolute atomic E-state index is 12.7. The van der Waals surface area contributed by atoms with Gasteiger partial charge in [0.1, 0.15) is 4.21 Å². The molecule has 0 bridgehead atoms. The molecule has 0 amide bonds. The molecule has 0 unspecified atom stereocenters. The average molecular weight is 376 g/mol. The van der Waals surface area contributed by atoms with Crippen LogP contribution in [0.25, 0.3) is 11.3 Å². The molecule has 132 valence electrons. The number of thiophene rings is 1. The molecule has 0 aliphatic heterocycles. The van der Waals surface area contributed by atoms with E-state index in [0.29, 0.717) is 9.90 Å². The molecule has 7 heteroatoms. The van der Waals surface area contributed by atoms with Crippen LogP contribution in [0.4, 0.5) is 5.69 Å². The lowest BCUT2D eigenvalue weighted by molar-refractivity contribution is 0.538. The molecule has 3 aromatic rings. The smallest absolute Gasteiger partial charge is 0.271 e. The van der Waals surface area contributed by atoms with Gasteiger partial charge in [0.25, 0.3) is 10.0 Å². The summed E-state index contributed by atoms with van der Waals surface area (Å²) in [5.74, 6) is 0. The lowest BCUT2D eigenvalue weighted by Crippen LogP contribution is -2.12. The van der Waals surface area contributed by atoms with Gasteiger partial charge in [0.05, 0.1) is 11.4 Å². The second-order valence-electron chi connectivity index (χ2n) is 6.33. The first-order valence-electron chi connectivity index (χ1n) is 8.00. The molecule has 0 saturated carbocycles. The minimum atomic E-state index is -3.61. The second kappa shape index (κ2) is 6.65. The van der Waals surface area contributed by atoms with Crippen LogP contribution in [0.1, 0.15) is 31.0 Å². The minimum Gasteiger partial charge on any atom is -0.279 e. The maximum Gasteiger partial charge on any atom is 0.271 e. The number of hydrogen-bond donors (Lipinski definition) is 1. The van der Waals surface area contributed by atoms with Gasteiger partial charge in [0.2, 0.25) is 0 Å². The number of hydrogen-bond acceptors (Lipinski definition) is 4. The first-order chi connectivity index (χ1) is 11.8. The summed E-state index contributed by atoms with van der Waals surface area (Å²) < 4.78 is 30.3. The highest BCUT2D eigenvalue weighted by atomic mass is 32.2. The monoisotopic (exact) mass is 375 g/mol. The molecule has 0 radical (unpaired) electrons. The summed E-state index contributed by atoms with van der Waals surface area (Å²) in [5, 5.41) is 6.16. The highest BCUT2D eigenvalue weighted by Crippen LogP contribution is 2.31.